The van der Waals surface area contributed by atoms with Gasteiger partial charge in [0.1, 0.15) is 5.54 Å². The van der Waals surface area contributed by atoms with E-state index in [1.807, 2.05) is 16.9 Å². The summed E-state index contributed by atoms with van der Waals surface area (Å²) in [5.41, 5.74) is 5.73. The second-order valence-electron chi connectivity index (χ2n) is 7.19. The van der Waals surface area contributed by atoms with Gasteiger partial charge >= 0.3 is 0 Å². The molecule has 1 amide bonds. The van der Waals surface area contributed by atoms with E-state index in [9.17, 15) is 4.79 Å². The highest BCUT2D eigenvalue weighted by Crippen LogP contribution is 2.28. The van der Waals surface area contributed by atoms with Gasteiger partial charge in [-0.1, -0.05) is 25.7 Å². The van der Waals surface area contributed by atoms with Crippen molar-refractivity contribution in [2.24, 2.45) is 5.73 Å². The SMILES string of the molecule is NC1(CNC(=O)C2(n3cccn3)CCNCC2)CCCCCC1. The molecule has 0 unspecified atom stereocenters. The molecule has 1 aromatic rings. The molecule has 1 aromatic heterocycles. The zero-order valence-electron chi connectivity index (χ0n) is 13.9. The Labute approximate surface area is 138 Å². The third kappa shape index (κ3) is 3.58. The second kappa shape index (κ2) is 7.01. The molecule has 1 aliphatic heterocycles. The zero-order valence-corrected chi connectivity index (χ0v) is 13.9. The van der Waals surface area contributed by atoms with Gasteiger partial charge in [-0.15, -0.1) is 0 Å². The molecule has 0 atom stereocenters. The van der Waals surface area contributed by atoms with Gasteiger partial charge in [-0.3, -0.25) is 9.48 Å². The van der Waals surface area contributed by atoms with E-state index in [1.165, 1.54) is 25.7 Å². The van der Waals surface area contributed by atoms with Crippen LogP contribution in [0.2, 0.25) is 0 Å². The summed E-state index contributed by atoms with van der Waals surface area (Å²) in [6, 6.07) is 1.88. The predicted molar refractivity (Wildman–Crippen MR) is 89.9 cm³/mol. The minimum atomic E-state index is -0.574. The van der Waals surface area contributed by atoms with E-state index in [0.717, 1.165) is 38.8 Å². The van der Waals surface area contributed by atoms with Crippen LogP contribution in [-0.4, -0.2) is 40.9 Å². The maximum atomic E-state index is 13.0. The standard InChI is InChI=1S/C17H29N5O/c18-16(6-3-1-2-4-7-16)14-20-15(23)17(8-11-19-12-9-17)22-13-5-10-21-22/h5,10,13,19H,1-4,6-9,11-12,14,18H2,(H,20,23). The predicted octanol–water partition coefficient (Wildman–Crippen LogP) is 1.13. The largest absolute Gasteiger partial charge is 0.352 e. The molecule has 3 rings (SSSR count). The van der Waals surface area contributed by atoms with E-state index in [4.69, 9.17) is 5.73 Å². The lowest BCUT2D eigenvalue weighted by molar-refractivity contribution is -0.132. The summed E-state index contributed by atoms with van der Waals surface area (Å²) in [5, 5.41) is 10.9. The van der Waals surface area contributed by atoms with Crippen molar-refractivity contribution in [1.29, 1.82) is 0 Å². The number of nitrogens with zero attached hydrogens (tertiary/aromatic N) is 2. The Morgan fingerprint density at radius 1 is 1.17 bits per heavy atom. The highest BCUT2D eigenvalue weighted by molar-refractivity contribution is 5.84. The Morgan fingerprint density at radius 3 is 2.48 bits per heavy atom. The van der Waals surface area contributed by atoms with Crippen LogP contribution in [0.15, 0.2) is 18.5 Å². The van der Waals surface area contributed by atoms with Gasteiger partial charge in [0.2, 0.25) is 5.91 Å². The number of hydrogen-bond acceptors (Lipinski definition) is 4. The van der Waals surface area contributed by atoms with Crippen LogP contribution in [-0.2, 0) is 10.3 Å². The van der Waals surface area contributed by atoms with Gasteiger partial charge < -0.3 is 16.4 Å². The highest BCUT2D eigenvalue weighted by Gasteiger charge is 2.42. The van der Waals surface area contributed by atoms with Crippen LogP contribution in [0.25, 0.3) is 0 Å². The lowest BCUT2D eigenvalue weighted by atomic mass is 9.86. The van der Waals surface area contributed by atoms with Gasteiger partial charge in [0, 0.05) is 24.5 Å². The molecule has 2 aliphatic rings. The number of piperidine rings is 1. The zero-order chi connectivity index (χ0) is 16.2. The lowest BCUT2D eigenvalue weighted by Gasteiger charge is -2.38. The maximum absolute atomic E-state index is 13.0. The average molecular weight is 319 g/mol. The lowest BCUT2D eigenvalue weighted by Crippen LogP contribution is -2.58. The molecule has 0 spiro atoms. The fourth-order valence-electron chi connectivity index (χ4n) is 3.95. The molecule has 1 saturated carbocycles. The van der Waals surface area contributed by atoms with E-state index in [0.29, 0.717) is 6.54 Å². The fraction of sp³-hybridized carbons (Fsp3) is 0.765. The summed E-state index contributed by atoms with van der Waals surface area (Å²) >= 11 is 0. The molecule has 1 saturated heterocycles. The third-order valence-electron chi connectivity index (χ3n) is 5.50. The number of rotatable bonds is 4. The fourth-order valence-corrected chi connectivity index (χ4v) is 3.95. The first-order chi connectivity index (χ1) is 11.1. The van der Waals surface area contributed by atoms with E-state index in [-0.39, 0.29) is 11.4 Å². The Kier molecular flexibility index (Phi) is 5.02. The van der Waals surface area contributed by atoms with Crippen molar-refractivity contribution in [3.63, 3.8) is 0 Å². The molecule has 6 heteroatoms. The molecule has 1 aliphatic carbocycles. The smallest absolute Gasteiger partial charge is 0.248 e. The third-order valence-corrected chi connectivity index (χ3v) is 5.50. The van der Waals surface area contributed by atoms with Crippen LogP contribution in [0.4, 0.5) is 0 Å². The molecule has 2 heterocycles. The summed E-state index contributed by atoms with van der Waals surface area (Å²) in [5.74, 6) is 0.0665. The highest BCUT2D eigenvalue weighted by atomic mass is 16.2. The monoisotopic (exact) mass is 319 g/mol. The number of carbonyl (C=O) groups excluding carboxylic acids is 1. The molecule has 0 radical (unpaired) electrons. The molecule has 4 N–H and O–H groups in total. The molecule has 2 fully saturated rings. The maximum Gasteiger partial charge on any atom is 0.248 e. The Balaban J connectivity index is 1.69. The van der Waals surface area contributed by atoms with Crippen LogP contribution < -0.4 is 16.4 Å². The first-order valence-electron chi connectivity index (χ1n) is 8.93. The number of amides is 1. The molecule has 0 bridgehead atoms. The van der Waals surface area contributed by atoms with Crippen LogP contribution >= 0.6 is 0 Å². The second-order valence-corrected chi connectivity index (χ2v) is 7.19. The quantitative estimate of drug-likeness (QED) is 0.726. The van der Waals surface area contributed by atoms with Crippen molar-refractivity contribution in [1.82, 2.24) is 20.4 Å². The van der Waals surface area contributed by atoms with Gasteiger partial charge in [-0.2, -0.15) is 5.10 Å². The first-order valence-corrected chi connectivity index (χ1v) is 8.93. The van der Waals surface area contributed by atoms with Crippen molar-refractivity contribution in [2.45, 2.75) is 62.4 Å². The first kappa shape index (κ1) is 16.5. The number of carbonyl (C=O) groups is 1. The van der Waals surface area contributed by atoms with E-state index in [1.54, 1.807) is 6.20 Å². The van der Waals surface area contributed by atoms with Crippen molar-refractivity contribution in [3.8, 4) is 0 Å². The molecular formula is C17H29N5O. The van der Waals surface area contributed by atoms with Crippen LogP contribution in [0.5, 0.6) is 0 Å². The normalized spacial score (nSPS) is 23.9. The summed E-state index contributed by atoms with van der Waals surface area (Å²) < 4.78 is 1.83. The summed E-state index contributed by atoms with van der Waals surface area (Å²) in [7, 11) is 0. The van der Waals surface area contributed by atoms with Crippen LogP contribution in [0, 0.1) is 0 Å². The van der Waals surface area contributed by atoms with E-state index in [2.05, 4.69) is 15.7 Å². The number of nitrogens with one attached hydrogen (secondary N) is 2. The Morgan fingerprint density at radius 2 is 1.87 bits per heavy atom. The minimum Gasteiger partial charge on any atom is -0.352 e. The van der Waals surface area contributed by atoms with Crippen LogP contribution in [0.1, 0.15) is 51.4 Å². The van der Waals surface area contributed by atoms with Gasteiger partial charge in [-0.05, 0) is 44.8 Å². The van der Waals surface area contributed by atoms with Gasteiger partial charge in [-0.25, -0.2) is 0 Å². The molecule has 128 valence electrons. The molecule has 23 heavy (non-hydrogen) atoms. The Hall–Kier alpha value is -1.40. The molecule has 6 nitrogen and oxygen atoms in total. The number of aromatic nitrogens is 2. The van der Waals surface area contributed by atoms with E-state index >= 15 is 0 Å². The summed E-state index contributed by atoms with van der Waals surface area (Å²) in [4.78, 5) is 13.0. The number of hydrogen-bond donors (Lipinski definition) is 3. The summed E-state index contributed by atoms with van der Waals surface area (Å²) in [6.45, 7) is 2.24. The van der Waals surface area contributed by atoms with Crippen LogP contribution in [0.3, 0.4) is 0 Å². The average Bonchev–Trinajstić information content (AvgIpc) is 3.03. The molecule has 0 aromatic carbocycles. The van der Waals surface area contributed by atoms with Gasteiger partial charge in [0.05, 0.1) is 0 Å². The minimum absolute atomic E-state index is 0.0665. The topological polar surface area (TPSA) is 85.0 Å². The Bertz CT molecular complexity index is 499. The van der Waals surface area contributed by atoms with Gasteiger partial charge in [0.15, 0.2) is 0 Å². The molecular weight excluding hydrogens is 290 g/mol. The van der Waals surface area contributed by atoms with Gasteiger partial charge in [0.25, 0.3) is 0 Å². The van der Waals surface area contributed by atoms with E-state index < -0.39 is 5.54 Å². The number of nitrogens with two attached hydrogens (primary N) is 1. The van der Waals surface area contributed by atoms with Crippen molar-refractivity contribution >= 4 is 5.91 Å². The van der Waals surface area contributed by atoms with Crippen molar-refractivity contribution < 1.29 is 4.79 Å². The van der Waals surface area contributed by atoms with Crippen molar-refractivity contribution in [3.05, 3.63) is 18.5 Å². The summed E-state index contributed by atoms with van der Waals surface area (Å²) in [6.07, 6.45) is 12.0. The van der Waals surface area contributed by atoms with Crippen molar-refractivity contribution in [2.75, 3.05) is 19.6 Å².